The third kappa shape index (κ3) is 72.0. The minimum atomic E-state index is -0.789. The number of unbranched alkanes of at least 4 members (excludes halogenated alkanes) is 31. The van der Waals surface area contributed by atoms with Gasteiger partial charge in [0.15, 0.2) is 6.10 Å². The van der Waals surface area contributed by atoms with Crippen molar-refractivity contribution < 1.29 is 24.2 Å². The van der Waals surface area contributed by atoms with Crippen LogP contribution >= 0.6 is 0 Å². The van der Waals surface area contributed by atoms with E-state index in [0.29, 0.717) is 12.8 Å². The molecule has 1 N–H and O–H groups in total. The van der Waals surface area contributed by atoms with E-state index in [1.54, 1.807) is 0 Å². The molecule has 0 fully saturated rings. The maximum Gasteiger partial charge on any atom is 0.306 e. The highest BCUT2D eigenvalue weighted by Gasteiger charge is 2.16. The molecule has 86 heavy (non-hydrogen) atoms. The summed E-state index contributed by atoms with van der Waals surface area (Å²) in [6.07, 6.45) is 114. The van der Waals surface area contributed by atoms with Gasteiger partial charge in [0.05, 0.1) is 6.61 Å². The van der Waals surface area contributed by atoms with E-state index in [1.165, 1.54) is 167 Å². The number of aliphatic hydroxyl groups is 1. The van der Waals surface area contributed by atoms with Gasteiger partial charge in [-0.3, -0.25) is 9.59 Å². The van der Waals surface area contributed by atoms with Crippen LogP contribution in [0.2, 0.25) is 0 Å². The van der Waals surface area contributed by atoms with Crippen molar-refractivity contribution in [2.24, 2.45) is 0 Å². The zero-order valence-electron chi connectivity index (χ0n) is 56.0. The Balaban J connectivity index is 3.51. The predicted octanol–water partition coefficient (Wildman–Crippen LogP) is 25.4. The number of hydrogen-bond donors (Lipinski definition) is 1. The zero-order chi connectivity index (χ0) is 61.9. The summed E-state index contributed by atoms with van der Waals surface area (Å²) in [5, 5.41) is 9.71. The van der Waals surface area contributed by atoms with E-state index in [2.05, 4.69) is 172 Å². The Morgan fingerprint density at radius 2 is 0.465 bits per heavy atom. The average Bonchev–Trinajstić information content (AvgIpc) is 3.55. The average molecular weight is 1190 g/mol. The fourth-order valence-electron chi connectivity index (χ4n) is 10.0. The van der Waals surface area contributed by atoms with E-state index in [0.717, 1.165) is 128 Å². The molecular weight excluding hydrogens is 1050 g/mol. The first-order valence-corrected chi connectivity index (χ1v) is 36.0. The lowest BCUT2D eigenvalue weighted by atomic mass is 10.0. The summed E-state index contributed by atoms with van der Waals surface area (Å²) in [7, 11) is 0. The summed E-state index contributed by atoms with van der Waals surface area (Å²) >= 11 is 0. The number of carbonyl (C=O) groups is 2. The molecule has 5 heteroatoms. The van der Waals surface area contributed by atoms with Crippen LogP contribution in [-0.4, -0.2) is 36.4 Å². The number of ether oxygens (including phenoxy) is 2. The Morgan fingerprint density at radius 3 is 0.698 bits per heavy atom. The highest BCUT2D eigenvalue weighted by Crippen LogP contribution is 2.17. The molecule has 0 bridgehead atoms. The van der Waals surface area contributed by atoms with Crippen molar-refractivity contribution in [2.45, 2.75) is 328 Å². The van der Waals surface area contributed by atoms with Gasteiger partial charge in [-0.15, -0.1) is 0 Å². The molecule has 1 unspecified atom stereocenters. The van der Waals surface area contributed by atoms with Crippen LogP contribution in [0.25, 0.3) is 0 Å². The summed E-state index contributed by atoms with van der Waals surface area (Å²) in [5.74, 6) is -0.600. The molecule has 0 aliphatic carbocycles. The maximum atomic E-state index is 12.4. The first kappa shape index (κ1) is 81.5. The van der Waals surface area contributed by atoms with Gasteiger partial charge < -0.3 is 14.6 Å². The molecule has 0 saturated heterocycles. The van der Waals surface area contributed by atoms with Gasteiger partial charge in [-0.2, -0.15) is 0 Å². The number of rotatable bonds is 65. The first-order valence-electron chi connectivity index (χ1n) is 36.0. The first-order chi connectivity index (χ1) is 42.6. The third-order valence-electron chi connectivity index (χ3n) is 15.3. The SMILES string of the molecule is CC/C=C\C/C=C\C/C=C\C/C=C\C/C=C\C/C=C\C/C=C\C/C=C\C/C=C\CCCCCCCCCC(=O)OC(CO)COC(=O)CCCCCCCCCCCCCCCCCCCCCCCCCC/C=C\C/C=C\C/C=C\C/C=C\CC. The lowest BCUT2D eigenvalue weighted by molar-refractivity contribution is -0.161. The highest BCUT2D eigenvalue weighted by atomic mass is 16.6. The van der Waals surface area contributed by atoms with Crippen LogP contribution in [-0.2, 0) is 19.1 Å². The minimum Gasteiger partial charge on any atom is -0.462 e. The topological polar surface area (TPSA) is 72.8 Å². The normalized spacial score (nSPS) is 13.2. The lowest BCUT2D eigenvalue weighted by Gasteiger charge is -2.15. The minimum absolute atomic E-state index is 0.0757. The molecule has 0 rings (SSSR count). The number of esters is 2. The van der Waals surface area contributed by atoms with Gasteiger partial charge in [0, 0.05) is 12.8 Å². The largest absolute Gasteiger partial charge is 0.462 e. The van der Waals surface area contributed by atoms with E-state index in [1.807, 2.05) is 0 Å². The molecule has 0 radical (unpaired) electrons. The van der Waals surface area contributed by atoms with Crippen molar-refractivity contribution in [1.29, 1.82) is 0 Å². The van der Waals surface area contributed by atoms with Crippen molar-refractivity contribution in [3.8, 4) is 0 Å². The second-order valence-corrected chi connectivity index (χ2v) is 23.6. The van der Waals surface area contributed by atoms with Crippen LogP contribution < -0.4 is 0 Å². The zero-order valence-corrected chi connectivity index (χ0v) is 56.0. The Morgan fingerprint density at radius 1 is 0.267 bits per heavy atom. The van der Waals surface area contributed by atoms with Gasteiger partial charge in [-0.05, 0) is 122 Å². The predicted molar refractivity (Wildman–Crippen MR) is 380 cm³/mol. The van der Waals surface area contributed by atoms with E-state index in [4.69, 9.17) is 9.47 Å². The van der Waals surface area contributed by atoms with Crippen LogP contribution in [0, 0.1) is 0 Å². The molecule has 0 aromatic heterocycles. The smallest absolute Gasteiger partial charge is 0.306 e. The fourth-order valence-corrected chi connectivity index (χ4v) is 10.0. The molecule has 1 atom stereocenters. The Kier molecular flexibility index (Phi) is 70.9. The Labute approximate surface area is 532 Å². The van der Waals surface area contributed by atoms with Crippen LogP contribution in [0.1, 0.15) is 322 Å². The standard InChI is InChI=1S/C81H134O5/c1-3-5-7-9-11-13-15-17-19-21-23-25-27-29-31-33-35-37-39-40-42-43-45-47-49-51-53-55-57-59-61-63-65-67-69-71-73-75-80(83)85-78-79(77-82)86-81(84)76-74-72-70-68-66-64-62-60-58-56-54-52-50-48-46-44-41-38-36-34-32-30-28-26-24-22-20-18-16-14-12-10-8-6-4-2/h5-8,11-14,17-20,23-26,30,32,36,38,44,46,50,52,56,58,79,82H,3-4,9-10,15-16,21-22,27-29,31,33-35,37,39-43,45,47-49,51,53-55,57,59-78H2,1-2H3/b7-5-,8-6-,13-11-,14-12-,19-17-,20-18-,25-23-,26-24-,32-30-,38-36-,46-44-,52-50-,58-56-. The molecule has 0 spiro atoms. The second kappa shape index (κ2) is 74.8. The molecule has 488 valence electrons. The van der Waals surface area contributed by atoms with Crippen LogP contribution in [0.3, 0.4) is 0 Å². The number of hydrogen-bond acceptors (Lipinski definition) is 5. The summed E-state index contributed by atoms with van der Waals surface area (Å²) in [5.41, 5.74) is 0. The van der Waals surface area contributed by atoms with Crippen LogP contribution in [0.15, 0.2) is 158 Å². The highest BCUT2D eigenvalue weighted by molar-refractivity contribution is 5.70. The molecule has 5 nitrogen and oxygen atoms in total. The van der Waals surface area contributed by atoms with E-state index in [-0.39, 0.29) is 25.2 Å². The quantitative estimate of drug-likeness (QED) is 0.0373. The number of carbonyl (C=O) groups excluding carboxylic acids is 2. The van der Waals surface area contributed by atoms with Crippen molar-refractivity contribution in [3.05, 3.63) is 158 Å². The maximum absolute atomic E-state index is 12.4. The van der Waals surface area contributed by atoms with Crippen molar-refractivity contribution in [2.75, 3.05) is 13.2 Å². The summed E-state index contributed by atoms with van der Waals surface area (Å²) in [6, 6.07) is 0. The summed E-state index contributed by atoms with van der Waals surface area (Å²) in [6.45, 7) is 3.92. The van der Waals surface area contributed by atoms with E-state index >= 15 is 0 Å². The van der Waals surface area contributed by atoms with E-state index < -0.39 is 6.10 Å². The van der Waals surface area contributed by atoms with Crippen molar-refractivity contribution in [1.82, 2.24) is 0 Å². The molecule has 0 aliphatic heterocycles. The van der Waals surface area contributed by atoms with Gasteiger partial charge in [-0.25, -0.2) is 0 Å². The molecule has 0 saturated carbocycles. The molecule has 0 aliphatic rings. The number of allylic oxidation sites excluding steroid dienone is 26. The fraction of sp³-hybridized carbons (Fsp3) is 0.654. The Hall–Kier alpha value is -4.48. The number of aliphatic hydroxyl groups excluding tert-OH is 1. The third-order valence-corrected chi connectivity index (χ3v) is 15.3. The van der Waals surface area contributed by atoms with Gasteiger partial charge >= 0.3 is 11.9 Å². The van der Waals surface area contributed by atoms with Crippen molar-refractivity contribution >= 4 is 11.9 Å². The summed E-state index contributed by atoms with van der Waals surface area (Å²) in [4.78, 5) is 24.7. The van der Waals surface area contributed by atoms with Gasteiger partial charge in [0.2, 0.25) is 0 Å². The van der Waals surface area contributed by atoms with Gasteiger partial charge in [0.25, 0.3) is 0 Å². The second-order valence-electron chi connectivity index (χ2n) is 23.6. The van der Waals surface area contributed by atoms with Crippen molar-refractivity contribution in [3.63, 3.8) is 0 Å². The van der Waals surface area contributed by atoms with Crippen LogP contribution in [0.4, 0.5) is 0 Å². The summed E-state index contributed by atoms with van der Waals surface area (Å²) < 4.78 is 10.8. The molecule has 0 heterocycles. The van der Waals surface area contributed by atoms with Gasteiger partial charge in [0.1, 0.15) is 6.61 Å². The molecule has 0 amide bonds. The van der Waals surface area contributed by atoms with Crippen LogP contribution in [0.5, 0.6) is 0 Å². The van der Waals surface area contributed by atoms with E-state index in [9.17, 15) is 14.7 Å². The van der Waals surface area contributed by atoms with Gasteiger partial charge in [-0.1, -0.05) is 345 Å². The lowest BCUT2D eigenvalue weighted by Crippen LogP contribution is -2.28. The molecule has 0 aromatic rings. The molecule has 0 aromatic carbocycles. The molecular formula is C81H134O5. The Bertz CT molecular complexity index is 1830. The monoisotopic (exact) mass is 1190 g/mol.